The second kappa shape index (κ2) is 9.17. The number of alkyl halides is 19. The van der Waals surface area contributed by atoms with Crippen LogP contribution in [0.2, 0.25) is 0 Å². The summed E-state index contributed by atoms with van der Waals surface area (Å²) in [7, 11) is 0. The van der Waals surface area contributed by atoms with Crippen LogP contribution >= 0.6 is 20.2 Å². The van der Waals surface area contributed by atoms with Crippen LogP contribution < -0.4 is 0 Å². The Hall–Kier alpha value is -1.84. The van der Waals surface area contributed by atoms with E-state index in [1.807, 2.05) is 0 Å². The standard InChI is InChI=1S/C15H5F18IO2/c16-8(17,18)7(35)36-34(6-4-2-1-3-5-6)15(32,33)13(27,28)11(23,24)9(19,20)10(21,22)12(25,26)14(29,30)31/h1-5H. The van der Waals surface area contributed by atoms with Gasteiger partial charge < -0.3 is 0 Å². The van der Waals surface area contributed by atoms with Crippen molar-refractivity contribution < 1.29 is 86.9 Å². The molecule has 1 aromatic carbocycles. The molecule has 0 saturated heterocycles. The third-order valence-corrected chi connectivity index (χ3v) is 8.41. The van der Waals surface area contributed by atoms with Gasteiger partial charge in [0, 0.05) is 0 Å². The number of hydrogen-bond acceptors (Lipinski definition) is 2. The molecule has 0 radical (unpaired) electrons. The topological polar surface area (TPSA) is 26.3 Å². The summed E-state index contributed by atoms with van der Waals surface area (Å²) in [5.41, 5.74) is 0. The molecular weight excluding hydrogens is 681 g/mol. The zero-order valence-corrected chi connectivity index (χ0v) is 18.0. The number of carbonyl (C=O) groups excluding carboxylic acids is 1. The Morgan fingerprint density at radius 3 is 1.28 bits per heavy atom. The summed E-state index contributed by atoms with van der Waals surface area (Å²) in [6.45, 7) is 0. The Kier molecular flexibility index (Phi) is 8.20. The first-order valence-corrected chi connectivity index (χ1v) is 11.0. The minimum atomic E-state index is -8.63. The molecule has 0 aromatic heterocycles. The molecule has 0 bridgehead atoms. The van der Waals surface area contributed by atoms with Crippen LogP contribution in [0.25, 0.3) is 0 Å². The predicted molar refractivity (Wildman–Crippen MR) is 87.0 cm³/mol. The van der Waals surface area contributed by atoms with Gasteiger partial charge in [0.05, 0.1) is 0 Å². The summed E-state index contributed by atoms with van der Waals surface area (Å²) in [5, 5.41) is 0. The van der Waals surface area contributed by atoms with E-state index in [0.29, 0.717) is 12.1 Å². The molecule has 1 rings (SSSR count). The average molecular weight is 686 g/mol. The molecule has 0 N–H and O–H groups in total. The van der Waals surface area contributed by atoms with Gasteiger partial charge in [-0.3, -0.25) is 0 Å². The minimum absolute atomic E-state index is 0.140. The van der Waals surface area contributed by atoms with Crippen LogP contribution in [0.1, 0.15) is 0 Å². The summed E-state index contributed by atoms with van der Waals surface area (Å²) in [5.74, 6) is -45.7. The fourth-order valence-corrected chi connectivity index (χ4v) is 5.91. The molecule has 2 nitrogen and oxygen atoms in total. The van der Waals surface area contributed by atoms with Gasteiger partial charge in [0.15, 0.2) is 0 Å². The molecule has 1 aromatic rings. The van der Waals surface area contributed by atoms with E-state index in [0.717, 1.165) is 6.07 Å². The quantitative estimate of drug-likeness (QED) is 0.159. The summed E-state index contributed by atoms with van der Waals surface area (Å²) >= 11 is -6.74. The third-order valence-electron chi connectivity index (χ3n) is 3.81. The molecule has 21 heteroatoms. The van der Waals surface area contributed by atoms with Crippen molar-refractivity contribution in [2.24, 2.45) is 0 Å². The van der Waals surface area contributed by atoms with Crippen LogP contribution in [0.3, 0.4) is 0 Å². The van der Waals surface area contributed by atoms with Crippen LogP contribution in [-0.2, 0) is 7.86 Å². The fraction of sp³-hybridized carbons (Fsp3) is 0.533. The van der Waals surface area contributed by atoms with Crippen LogP contribution in [0.15, 0.2) is 30.3 Å². The maximum atomic E-state index is 14.5. The molecule has 210 valence electrons. The van der Waals surface area contributed by atoms with Crippen molar-refractivity contribution in [2.75, 3.05) is 0 Å². The number of rotatable bonds is 8. The second-order valence-electron chi connectivity index (χ2n) is 6.27. The average Bonchev–Trinajstić information content (AvgIpc) is 2.69. The second-order valence-corrected chi connectivity index (χ2v) is 10.7. The molecule has 0 aliphatic carbocycles. The van der Waals surface area contributed by atoms with Gasteiger partial charge in [0.1, 0.15) is 0 Å². The van der Waals surface area contributed by atoms with Crippen molar-refractivity contribution >= 4 is 26.2 Å². The van der Waals surface area contributed by atoms with E-state index in [2.05, 4.69) is 3.07 Å². The Bertz CT molecular complexity index is 936. The van der Waals surface area contributed by atoms with E-state index < -0.39 is 75.7 Å². The molecule has 0 aliphatic heterocycles. The normalized spacial score (nSPS) is 15.6. The van der Waals surface area contributed by atoms with Crippen LogP contribution in [0.4, 0.5) is 79.0 Å². The molecule has 0 unspecified atom stereocenters. The maximum absolute atomic E-state index is 14.5. The monoisotopic (exact) mass is 686 g/mol. The van der Waals surface area contributed by atoms with Crippen LogP contribution in [0.5, 0.6) is 0 Å². The van der Waals surface area contributed by atoms with Crippen molar-refractivity contribution in [1.29, 1.82) is 0 Å². The number of hydrogen-bond donors (Lipinski definition) is 0. The van der Waals surface area contributed by atoms with E-state index >= 15 is 0 Å². The molecular formula is C15H5F18IO2. The summed E-state index contributed by atoms with van der Waals surface area (Å²) in [6.07, 6.45) is -14.1. The predicted octanol–water partition coefficient (Wildman–Crippen LogP) is 7.71. The van der Waals surface area contributed by atoms with Gasteiger partial charge in [-0.05, 0) is 0 Å². The molecule has 0 fully saturated rings. The van der Waals surface area contributed by atoms with Gasteiger partial charge in [0.2, 0.25) is 0 Å². The van der Waals surface area contributed by atoms with Gasteiger partial charge in [-0.15, -0.1) is 0 Å². The molecule has 0 saturated carbocycles. The van der Waals surface area contributed by atoms with Crippen LogP contribution in [0, 0.1) is 3.57 Å². The summed E-state index contributed by atoms with van der Waals surface area (Å²) in [4.78, 5) is 10.9. The Labute approximate surface area is 193 Å². The van der Waals surface area contributed by atoms with E-state index in [1.165, 1.54) is 0 Å². The Morgan fingerprint density at radius 2 is 0.917 bits per heavy atom. The molecule has 0 spiro atoms. The number of benzene rings is 1. The molecule has 36 heavy (non-hydrogen) atoms. The van der Waals surface area contributed by atoms with Crippen molar-refractivity contribution in [3.8, 4) is 0 Å². The zero-order chi connectivity index (χ0) is 29.0. The summed E-state index contributed by atoms with van der Waals surface area (Å²) < 4.78 is 232. The van der Waals surface area contributed by atoms with E-state index in [-0.39, 0.29) is 12.1 Å². The van der Waals surface area contributed by atoms with Gasteiger partial charge in [0.25, 0.3) is 0 Å². The van der Waals surface area contributed by atoms with Gasteiger partial charge >= 0.3 is 193 Å². The Balaban J connectivity index is 3.79. The first-order chi connectivity index (χ1) is 15.6. The van der Waals surface area contributed by atoms with Gasteiger partial charge in [-0.25, -0.2) is 0 Å². The molecule has 0 aliphatic rings. The zero-order valence-electron chi connectivity index (χ0n) is 15.9. The van der Waals surface area contributed by atoms with Gasteiger partial charge in [-0.1, -0.05) is 0 Å². The van der Waals surface area contributed by atoms with Crippen molar-refractivity contribution in [2.45, 2.75) is 45.9 Å². The molecule has 0 atom stereocenters. The fourth-order valence-electron chi connectivity index (χ4n) is 1.93. The summed E-state index contributed by atoms with van der Waals surface area (Å²) in [6, 6.07) is 2.20. The van der Waals surface area contributed by atoms with Crippen LogP contribution in [-0.4, -0.2) is 51.9 Å². The van der Waals surface area contributed by atoms with Gasteiger partial charge in [-0.2, -0.15) is 0 Å². The first kappa shape index (κ1) is 32.2. The van der Waals surface area contributed by atoms with Crippen molar-refractivity contribution in [3.05, 3.63) is 33.9 Å². The van der Waals surface area contributed by atoms with Crippen molar-refractivity contribution in [1.82, 2.24) is 0 Å². The van der Waals surface area contributed by atoms with E-state index in [1.54, 1.807) is 0 Å². The molecule has 0 amide bonds. The number of halogens is 19. The Morgan fingerprint density at radius 1 is 0.556 bits per heavy atom. The van der Waals surface area contributed by atoms with E-state index in [9.17, 15) is 83.8 Å². The number of carbonyl (C=O) groups is 1. The molecule has 0 heterocycles. The third kappa shape index (κ3) is 4.86. The van der Waals surface area contributed by atoms with Crippen molar-refractivity contribution in [3.63, 3.8) is 0 Å². The van der Waals surface area contributed by atoms with E-state index in [4.69, 9.17) is 0 Å². The SMILES string of the molecule is O=C(OI(c1ccccc1)C(F)(F)C(F)(F)C(F)(F)C(F)(F)C(F)(F)C(F)(F)C(F)(F)F)C(F)(F)F. The first-order valence-electron chi connectivity index (χ1n) is 8.00.